The smallest absolute Gasteiger partial charge is 0.246 e. The van der Waals surface area contributed by atoms with Gasteiger partial charge in [-0.1, -0.05) is 50.8 Å². The lowest BCUT2D eigenvalue weighted by molar-refractivity contribution is -0.141. The summed E-state index contributed by atoms with van der Waals surface area (Å²) in [6.45, 7) is 8.44. The molecule has 0 radical (unpaired) electrons. The Hall–Kier alpha value is -2.71. The molecule has 4 fully saturated rings. The van der Waals surface area contributed by atoms with Crippen LogP contribution in [0.3, 0.4) is 0 Å². The average molecular weight is 563 g/mol. The van der Waals surface area contributed by atoms with Gasteiger partial charge >= 0.3 is 0 Å². The Balaban J connectivity index is 1.27. The van der Waals surface area contributed by atoms with E-state index in [1.807, 2.05) is 38.1 Å². The quantitative estimate of drug-likeness (QED) is 0.466. The van der Waals surface area contributed by atoms with Crippen molar-refractivity contribution in [3.63, 3.8) is 0 Å². The Labute approximate surface area is 244 Å². The maximum Gasteiger partial charge on any atom is 0.246 e. The van der Waals surface area contributed by atoms with Crippen LogP contribution in [0.4, 0.5) is 5.69 Å². The fourth-order valence-electron chi connectivity index (χ4n) is 8.36. The number of piperidine rings is 1. The first-order valence-corrected chi connectivity index (χ1v) is 15.9. The molecule has 5 aliphatic rings. The second-order valence-electron chi connectivity index (χ2n) is 13.0. The molecule has 222 valence electrons. The summed E-state index contributed by atoms with van der Waals surface area (Å²) < 4.78 is 6.55. The molecule has 8 nitrogen and oxygen atoms in total. The molecule has 1 saturated carbocycles. The van der Waals surface area contributed by atoms with Gasteiger partial charge in [0.15, 0.2) is 0 Å². The molecule has 4 heterocycles. The largest absolute Gasteiger partial charge is 0.359 e. The van der Waals surface area contributed by atoms with Gasteiger partial charge in [-0.25, -0.2) is 0 Å². The lowest BCUT2D eigenvalue weighted by Crippen LogP contribution is -2.57. The molecular weight excluding hydrogens is 516 g/mol. The molecule has 0 unspecified atom stereocenters. The van der Waals surface area contributed by atoms with E-state index in [1.54, 1.807) is 4.90 Å². The van der Waals surface area contributed by atoms with Crippen LogP contribution >= 0.6 is 0 Å². The van der Waals surface area contributed by atoms with Crippen molar-refractivity contribution in [2.45, 2.75) is 108 Å². The van der Waals surface area contributed by atoms with Gasteiger partial charge in [0.2, 0.25) is 17.7 Å². The Kier molecular flexibility index (Phi) is 7.98. The van der Waals surface area contributed by atoms with Gasteiger partial charge in [-0.2, -0.15) is 0 Å². The molecule has 4 aliphatic heterocycles. The fraction of sp³-hybridized carbons (Fsp3) is 0.667. The highest BCUT2D eigenvalue weighted by atomic mass is 16.5. The molecule has 41 heavy (non-hydrogen) atoms. The van der Waals surface area contributed by atoms with Crippen molar-refractivity contribution in [2.24, 2.45) is 11.8 Å². The van der Waals surface area contributed by atoms with Crippen molar-refractivity contribution < 1.29 is 19.1 Å². The molecule has 8 heteroatoms. The number of nitrogens with one attached hydrogen (secondary N) is 2. The molecule has 1 aliphatic carbocycles. The lowest BCUT2D eigenvalue weighted by atomic mass is 9.74. The number of carbonyl (C=O) groups is 3. The number of carbonyl (C=O) groups excluding carboxylic acids is 3. The number of hydrogen-bond acceptors (Lipinski definition) is 5. The van der Waals surface area contributed by atoms with Gasteiger partial charge in [-0.05, 0) is 75.8 Å². The molecule has 1 aromatic rings. The molecule has 3 amide bonds. The number of anilines is 1. The van der Waals surface area contributed by atoms with E-state index in [0.717, 1.165) is 68.4 Å². The van der Waals surface area contributed by atoms with Crippen LogP contribution in [0.15, 0.2) is 30.4 Å². The van der Waals surface area contributed by atoms with Gasteiger partial charge in [-0.3, -0.25) is 19.3 Å². The molecule has 1 spiro atoms. The van der Waals surface area contributed by atoms with Crippen LogP contribution in [-0.4, -0.2) is 77.0 Å². The summed E-state index contributed by atoms with van der Waals surface area (Å²) in [6, 6.07) is 5.81. The van der Waals surface area contributed by atoms with Crippen molar-refractivity contribution in [1.82, 2.24) is 15.1 Å². The number of fused-ring (bicyclic) bond motifs is 1. The Bertz CT molecular complexity index is 1190. The second-order valence-corrected chi connectivity index (χ2v) is 13.0. The standard InChI is InChI=1S/C33H46N4O4/c1-4-25-12-8-9-15-36(25)16-17-37-29(31(39)34-23-10-6-5-7-11-23)33-14-13-26(41-33)27(28(33)32(37)40)30(38)35-24-19-21(2)18-22(3)20-24/h13-14,18-20,23,25-29H,4-12,15-17H2,1-3H3,(H,34,39)(H,35,38)/t25-,26+,27-,28+,29-,33+/m1/s1. The van der Waals surface area contributed by atoms with Gasteiger partial charge < -0.3 is 20.3 Å². The predicted molar refractivity (Wildman–Crippen MR) is 158 cm³/mol. The van der Waals surface area contributed by atoms with Gasteiger partial charge in [0.25, 0.3) is 0 Å². The van der Waals surface area contributed by atoms with E-state index in [2.05, 4.69) is 28.5 Å². The van der Waals surface area contributed by atoms with Crippen LogP contribution in [-0.2, 0) is 19.1 Å². The van der Waals surface area contributed by atoms with E-state index in [-0.39, 0.29) is 23.8 Å². The van der Waals surface area contributed by atoms with Crippen molar-refractivity contribution in [3.05, 3.63) is 41.5 Å². The van der Waals surface area contributed by atoms with Gasteiger partial charge in [0.1, 0.15) is 11.6 Å². The van der Waals surface area contributed by atoms with Crippen LogP contribution in [0.25, 0.3) is 0 Å². The third kappa shape index (κ3) is 5.22. The van der Waals surface area contributed by atoms with Crippen molar-refractivity contribution >= 4 is 23.4 Å². The highest BCUT2D eigenvalue weighted by Crippen LogP contribution is 2.55. The van der Waals surface area contributed by atoms with Crippen molar-refractivity contribution in [1.29, 1.82) is 0 Å². The number of hydrogen-bond donors (Lipinski definition) is 2. The molecular formula is C33H46N4O4. The maximum atomic E-state index is 14.3. The second kappa shape index (κ2) is 11.5. The molecule has 6 rings (SSSR count). The number of benzene rings is 1. The monoisotopic (exact) mass is 562 g/mol. The Morgan fingerprint density at radius 3 is 2.44 bits per heavy atom. The maximum absolute atomic E-state index is 14.3. The van der Waals surface area contributed by atoms with Crippen LogP contribution in [0.5, 0.6) is 0 Å². The van der Waals surface area contributed by atoms with Crippen molar-refractivity contribution in [2.75, 3.05) is 25.0 Å². The van der Waals surface area contributed by atoms with Crippen LogP contribution in [0.2, 0.25) is 0 Å². The van der Waals surface area contributed by atoms with E-state index >= 15 is 0 Å². The number of aryl methyl sites for hydroxylation is 2. The van der Waals surface area contributed by atoms with E-state index in [1.165, 1.54) is 19.3 Å². The van der Waals surface area contributed by atoms with E-state index < -0.39 is 29.6 Å². The number of ether oxygens (including phenoxy) is 1. The summed E-state index contributed by atoms with van der Waals surface area (Å²) in [5, 5.41) is 6.36. The topological polar surface area (TPSA) is 91.0 Å². The number of rotatable bonds is 8. The highest BCUT2D eigenvalue weighted by molar-refractivity contribution is 6.02. The SMILES string of the molecule is CC[C@@H]1CCCCN1CCN1C(=O)[C@@H]2[C@H](C(=O)Nc3cc(C)cc(C)c3)[C@@H]3C=C[C@@]2(O3)[C@H]1C(=O)NC1CCCCC1. The van der Waals surface area contributed by atoms with Crippen molar-refractivity contribution in [3.8, 4) is 0 Å². The minimum atomic E-state index is -1.11. The first-order valence-electron chi connectivity index (χ1n) is 15.9. The van der Waals surface area contributed by atoms with Gasteiger partial charge in [-0.15, -0.1) is 0 Å². The third-order valence-corrected chi connectivity index (χ3v) is 10.2. The Morgan fingerprint density at radius 1 is 0.976 bits per heavy atom. The number of likely N-dealkylation sites (tertiary alicyclic amines) is 2. The number of amides is 3. The summed E-state index contributed by atoms with van der Waals surface area (Å²) >= 11 is 0. The normalized spacial score (nSPS) is 33.3. The number of nitrogens with zero attached hydrogens (tertiary/aromatic N) is 2. The highest BCUT2D eigenvalue weighted by Gasteiger charge is 2.72. The first kappa shape index (κ1) is 28.4. The van der Waals surface area contributed by atoms with Crippen LogP contribution in [0.1, 0.15) is 75.8 Å². The van der Waals surface area contributed by atoms with E-state index in [0.29, 0.717) is 12.6 Å². The minimum absolute atomic E-state index is 0.126. The van der Waals surface area contributed by atoms with Gasteiger partial charge in [0.05, 0.1) is 17.9 Å². The summed E-state index contributed by atoms with van der Waals surface area (Å²) in [5.41, 5.74) is 1.73. The van der Waals surface area contributed by atoms with E-state index in [4.69, 9.17) is 4.74 Å². The van der Waals surface area contributed by atoms with Crippen LogP contribution in [0, 0.1) is 25.7 Å². The molecule has 2 bridgehead atoms. The third-order valence-electron chi connectivity index (χ3n) is 10.2. The average Bonchev–Trinajstić information content (AvgIpc) is 3.59. The zero-order chi connectivity index (χ0) is 28.7. The van der Waals surface area contributed by atoms with E-state index in [9.17, 15) is 14.4 Å². The molecule has 2 N–H and O–H groups in total. The fourth-order valence-corrected chi connectivity index (χ4v) is 8.36. The Morgan fingerprint density at radius 2 is 1.71 bits per heavy atom. The zero-order valence-corrected chi connectivity index (χ0v) is 24.9. The summed E-state index contributed by atoms with van der Waals surface area (Å²) in [5.74, 6) is -1.89. The molecule has 6 atom stereocenters. The predicted octanol–water partition coefficient (Wildman–Crippen LogP) is 4.11. The summed E-state index contributed by atoms with van der Waals surface area (Å²) in [6.07, 6.45) is 13.3. The van der Waals surface area contributed by atoms with Crippen LogP contribution < -0.4 is 10.6 Å². The minimum Gasteiger partial charge on any atom is -0.359 e. The summed E-state index contributed by atoms with van der Waals surface area (Å²) in [4.78, 5) is 46.4. The van der Waals surface area contributed by atoms with Gasteiger partial charge in [0, 0.05) is 30.9 Å². The molecule has 3 saturated heterocycles. The molecule has 0 aromatic heterocycles. The first-order chi connectivity index (χ1) is 19.8. The zero-order valence-electron chi connectivity index (χ0n) is 24.9. The molecule has 1 aromatic carbocycles. The summed E-state index contributed by atoms with van der Waals surface area (Å²) in [7, 11) is 0. The lowest BCUT2D eigenvalue weighted by Gasteiger charge is -2.38.